The smallest absolute Gasteiger partial charge is 0.234 e. The predicted octanol–water partition coefficient (Wildman–Crippen LogP) is 11.3. The van der Waals surface area contributed by atoms with E-state index in [1.165, 1.54) is 11.8 Å². The number of ether oxygens (including phenoxy) is 1. The van der Waals surface area contributed by atoms with Crippen LogP contribution in [-0.4, -0.2) is 18.5 Å². The van der Waals surface area contributed by atoms with Crippen LogP contribution >= 0.6 is 11.8 Å². The van der Waals surface area contributed by atoms with Crippen LogP contribution in [0.3, 0.4) is 0 Å². The number of allylic oxidation sites excluding steroid dienone is 4. The quantitative estimate of drug-likeness (QED) is 0.105. The van der Waals surface area contributed by atoms with E-state index in [1.807, 2.05) is 65.6 Å². The number of hydrogen-bond donors (Lipinski definition) is 1. The van der Waals surface area contributed by atoms with Crippen molar-refractivity contribution < 1.29 is 9.53 Å². The third-order valence-electron chi connectivity index (χ3n) is 8.34. The molecule has 0 saturated carbocycles. The van der Waals surface area contributed by atoms with E-state index in [0.29, 0.717) is 5.69 Å². The number of nitrogens with zero attached hydrogens (tertiary/aromatic N) is 2. The number of rotatable bonds is 10. The molecule has 244 valence electrons. The van der Waals surface area contributed by atoms with E-state index in [4.69, 9.17) is 4.74 Å². The van der Waals surface area contributed by atoms with Gasteiger partial charge in [0.05, 0.1) is 6.42 Å². The van der Waals surface area contributed by atoms with Gasteiger partial charge in [-0.1, -0.05) is 95.8 Å². The second-order valence-electron chi connectivity index (χ2n) is 14.0. The Bertz CT molecular complexity index is 1780. The Morgan fingerprint density at radius 1 is 0.894 bits per heavy atom. The second-order valence-corrected chi connectivity index (χ2v) is 15.3. The molecule has 0 saturated heterocycles. The third kappa shape index (κ3) is 8.21. The minimum atomic E-state index is -0.438. The van der Waals surface area contributed by atoms with Gasteiger partial charge in [0.15, 0.2) is 0 Å². The molecule has 0 heterocycles. The Morgan fingerprint density at radius 2 is 1.55 bits per heavy atom. The topological polar surface area (TPSA) is 71.0 Å². The molecule has 1 amide bonds. The molecule has 4 aromatic carbocycles. The van der Waals surface area contributed by atoms with Crippen molar-refractivity contribution >= 4 is 51.2 Å². The number of carbonyl (C=O) groups excluding carboxylic acids is 1. The van der Waals surface area contributed by atoms with E-state index in [9.17, 15) is 9.70 Å². The van der Waals surface area contributed by atoms with Crippen molar-refractivity contribution in [2.75, 3.05) is 17.3 Å². The fraction of sp³-hybridized carbons (Fsp3) is 0.325. The molecule has 1 unspecified atom stereocenters. The standard InChI is InChI=1S/C40H45N3O3S/c1-39(2,3)34-24-33(25-35(38(34)42-45)40(4,5)6)47-37(46-7)26-36(44)43(31-16-12-9-13-17-31)32-21-19-27-22-30(20-18-28(27)23-32)41-29-14-10-8-11-15-29/h8-12,14-16,18-25,37,41H,13,17,26H2,1-7H3. The summed E-state index contributed by atoms with van der Waals surface area (Å²) >= 11 is 1.51. The lowest BCUT2D eigenvalue weighted by Gasteiger charge is -2.30. The van der Waals surface area contributed by atoms with Crippen LogP contribution in [0.2, 0.25) is 0 Å². The molecule has 1 aliphatic carbocycles. The largest absolute Gasteiger partial charge is 0.370 e. The first kappa shape index (κ1) is 34.1. The molecule has 0 radical (unpaired) electrons. The van der Waals surface area contributed by atoms with Crippen molar-refractivity contribution in [3.8, 4) is 0 Å². The van der Waals surface area contributed by atoms with Gasteiger partial charge in [0.25, 0.3) is 0 Å². The van der Waals surface area contributed by atoms with E-state index in [0.717, 1.165) is 62.4 Å². The van der Waals surface area contributed by atoms with Crippen LogP contribution in [0.15, 0.2) is 113 Å². The van der Waals surface area contributed by atoms with E-state index < -0.39 is 5.44 Å². The highest BCUT2D eigenvalue weighted by atomic mass is 32.2. The first-order valence-corrected chi connectivity index (χ1v) is 17.0. The number of methoxy groups -OCH3 is 1. The highest BCUT2D eigenvalue weighted by Gasteiger charge is 2.30. The summed E-state index contributed by atoms with van der Waals surface area (Å²) in [7, 11) is 1.64. The molecule has 7 heteroatoms. The van der Waals surface area contributed by atoms with Crippen LogP contribution in [0.25, 0.3) is 10.8 Å². The maximum Gasteiger partial charge on any atom is 0.234 e. The van der Waals surface area contributed by atoms with Gasteiger partial charge in [-0.2, -0.15) is 0 Å². The number of para-hydroxylation sites is 1. The van der Waals surface area contributed by atoms with Crippen molar-refractivity contribution in [1.29, 1.82) is 0 Å². The Balaban J connectivity index is 1.44. The molecular formula is C40H45N3O3S. The van der Waals surface area contributed by atoms with Gasteiger partial charge in [0, 0.05) is 34.8 Å². The fourth-order valence-electron chi connectivity index (χ4n) is 5.86. The average Bonchev–Trinajstić information content (AvgIpc) is 3.04. The molecule has 1 N–H and O–H groups in total. The van der Waals surface area contributed by atoms with Crippen molar-refractivity contribution in [2.45, 2.75) is 82.0 Å². The van der Waals surface area contributed by atoms with E-state index in [1.54, 1.807) is 7.11 Å². The summed E-state index contributed by atoms with van der Waals surface area (Å²) in [5.41, 5.74) is 5.11. The van der Waals surface area contributed by atoms with Gasteiger partial charge in [-0.25, -0.2) is 0 Å². The number of amides is 1. The molecule has 0 aromatic heterocycles. The van der Waals surface area contributed by atoms with Crippen molar-refractivity contribution in [3.05, 3.63) is 119 Å². The zero-order valence-electron chi connectivity index (χ0n) is 28.5. The molecule has 5 rings (SSSR count). The van der Waals surface area contributed by atoms with Crippen LogP contribution in [0.1, 0.15) is 71.9 Å². The normalized spacial score (nSPS) is 14.1. The molecule has 47 heavy (non-hydrogen) atoms. The average molecular weight is 648 g/mol. The third-order valence-corrected chi connectivity index (χ3v) is 9.47. The van der Waals surface area contributed by atoms with Crippen LogP contribution < -0.4 is 10.2 Å². The first-order chi connectivity index (χ1) is 22.4. The summed E-state index contributed by atoms with van der Waals surface area (Å²) in [5.74, 6) is -0.0362. The molecule has 0 fully saturated rings. The number of thioether (sulfide) groups is 1. The van der Waals surface area contributed by atoms with Crippen molar-refractivity contribution in [1.82, 2.24) is 0 Å². The molecule has 1 atom stereocenters. The lowest BCUT2D eigenvalue weighted by molar-refractivity contribution is -0.119. The summed E-state index contributed by atoms with van der Waals surface area (Å²) in [4.78, 5) is 29.1. The minimum Gasteiger partial charge on any atom is -0.370 e. The summed E-state index contributed by atoms with van der Waals surface area (Å²) in [6.07, 6.45) is 8.00. The van der Waals surface area contributed by atoms with Crippen LogP contribution in [0.5, 0.6) is 0 Å². The zero-order chi connectivity index (χ0) is 33.8. The Hall–Kier alpha value is -4.20. The van der Waals surface area contributed by atoms with Gasteiger partial charge < -0.3 is 10.1 Å². The van der Waals surface area contributed by atoms with Gasteiger partial charge in [-0.3, -0.25) is 9.69 Å². The molecule has 4 aromatic rings. The first-order valence-electron chi connectivity index (χ1n) is 16.1. The Kier molecular flexibility index (Phi) is 10.4. The molecule has 0 bridgehead atoms. The lowest BCUT2D eigenvalue weighted by Crippen LogP contribution is -2.33. The zero-order valence-corrected chi connectivity index (χ0v) is 29.3. The van der Waals surface area contributed by atoms with Crippen molar-refractivity contribution in [2.24, 2.45) is 5.18 Å². The predicted molar refractivity (Wildman–Crippen MR) is 198 cm³/mol. The van der Waals surface area contributed by atoms with Crippen LogP contribution in [0.4, 0.5) is 22.7 Å². The maximum absolute atomic E-state index is 14.3. The van der Waals surface area contributed by atoms with Gasteiger partial charge in [-0.15, -0.1) is 4.91 Å². The number of fused-ring (bicyclic) bond motifs is 1. The SMILES string of the molecule is COC(CC(=O)N(C1=CC=CCC1)c1ccc2cc(Nc3ccccc3)ccc2c1)Sc1cc(C(C)(C)C)c(N=O)c(C(C)(C)C)c1. The van der Waals surface area contributed by atoms with Gasteiger partial charge in [-0.05, 0) is 105 Å². The molecule has 1 aliphatic rings. The minimum absolute atomic E-state index is 0.0362. The highest BCUT2D eigenvalue weighted by Crippen LogP contribution is 2.43. The van der Waals surface area contributed by atoms with E-state index in [2.05, 4.69) is 88.4 Å². The summed E-state index contributed by atoms with van der Waals surface area (Å²) in [5, 5.41) is 9.08. The molecule has 0 spiro atoms. The van der Waals surface area contributed by atoms with Gasteiger partial charge in [0.1, 0.15) is 11.1 Å². The summed E-state index contributed by atoms with van der Waals surface area (Å²) < 4.78 is 5.93. The fourth-order valence-corrected chi connectivity index (χ4v) is 6.86. The maximum atomic E-state index is 14.3. The number of carbonyl (C=O) groups is 1. The number of nitroso groups, excluding NO2 is 1. The monoisotopic (exact) mass is 647 g/mol. The summed E-state index contributed by atoms with van der Waals surface area (Å²) in [6, 6.07) is 26.6. The van der Waals surface area contributed by atoms with Crippen LogP contribution in [0, 0.1) is 4.91 Å². The van der Waals surface area contributed by atoms with Crippen LogP contribution in [-0.2, 0) is 20.4 Å². The number of benzene rings is 4. The molecule has 0 aliphatic heterocycles. The lowest BCUT2D eigenvalue weighted by atomic mass is 9.79. The molecule has 6 nitrogen and oxygen atoms in total. The van der Waals surface area contributed by atoms with E-state index >= 15 is 0 Å². The summed E-state index contributed by atoms with van der Waals surface area (Å²) in [6.45, 7) is 12.5. The number of nitrogens with one attached hydrogen (secondary N) is 1. The Morgan fingerprint density at radius 3 is 2.15 bits per heavy atom. The number of hydrogen-bond acceptors (Lipinski definition) is 6. The van der Waals surface area contributed by atoms with E-state index in [-0.39, 0.29) is 23.2 Å². The second kappa shape index (κ2) is 14.3. The van der Waals surface area contributed by atoms with Gasteiger partial charge >= 0.3 is 0 Å². The number of anilines is 3. The van der Waals surface area contributed by atoms with Crippen molar-refractivity contribution in [3.63, 3.8) is 0 Å². The molecular weight excluding hydrogens is 603 g/mol. The van der Waals surface area contributed by atoms with Gasteiger partial charge in [0.2, 0.25) is 5.91 Å². The Labute approximate surface area is 283 Å². The highest BCUT2D eigenvalue weighted by molar-refractivity contribution is 7.99.